The molecule has 1 atom stereocenters. The van der Waals surface area contributed by atoms with Gasteiger partial charge in [-0.05, 0) is 30.7 Å². The van der Waals surface area contributed by atoms with Gasteiger partial charge < -0.3 is 9.84 Å². The predicted octanol–water partition coefficient (Wildman–Crippen LogP) is 3.25. The largest absolute Gasteiger partial charge is 0.376 e. The number of rotatable bonds is 4. The van der Waals surface area contributed by atoms with Crippen LogP contribution in [-0.2, 0) is 6.54 Å². The first-order chi connectivity index (χ1) is 8.92. The molecule has 1 aromatic heterocycles. The van der Waals surface area contributed by atoms with E-state index in [1.165, 1.54) is 12.2 Å². The standard InChI is InChI=1S/C13H15N3OS/c1-2-5-10(6-3-1)14-9-12-15-13(16-17-12)11-7-4-8-18-11/h1-3,5-6,11,14H,4,7-9H2. The maximum Gasteiger partial charge on any atom is 0.245 e. The van der Waals surface area contributed by atoms with Crippen LogP contribution in [0.1, 0.15) is 29.8 Å². The summed E-state index contributed by atoms with van der Waals surface area (Å²) in [5, 5.41) is 7.76. The highest BCUT2D eigenvalue weighted by molar-refractivity contribution is 7.99. The molecule has 1 aliphatic heterocycles. The predicted molar refractivity (Wildman–Crippen MR) is 72.5 cm³/mol. The maximum atomic E-state index is 5.26. The number of nitrogens with one attached hydrogen (secondary N) is 1. The van der Waals surface area contributed by atoms with Crippen LogP contribution in [0, 0.1) is 0 Å². The normalized spacial score (nSPS) is 19.0. The van der Waals surface area contributed by atoms with E-state index in [0.717, 1.165) is 17.9 Å². The number of thioether (sulfide) groups is 1. The van der Waals surface area contributed by atoms with Crippen molar-refractivity contribution < 1.29 is 4.52 Å². The van der Waals surface area contributed by atoms with Crippen molar-refractivity contribution >= 4 is 17.4 Å². The molecule has 18 heavy (non-hydrogen) atoms. The van der Waals surface area contributed by atoms with Crippen molar-refractivity contribution in [3.63, 3.8) is 0 Å². The maximum absolute atomic E-state index is 5.26. The Hall–Kier alpha value is -1.49. The summed E-state index contributed by atoms with van der Waals surface area (Å²) in [6.07, 6.45) is 2.41. The monoisotopic (exact) mass is 261 g/mol. The second-order valence-corrected chi connectivity index (χ2v) is 5.58. The van der Waals surface area contributed by atoms with Gasteiger partial charge in [-0.3, -0.25) is 0 Å². The summed E-state index contributed by atoms with van der Waals surface area (Å²) in [5.41, 5.74) is 1.06. The van der Waals surface area contributed by atoms with Gasteiger partial charge in [-0.25, -0.2) is 0 Å². The highest BCUT2D eigenvalue weighted by Gasteiger charge is 2.22. The molecule has 1 N–H and O–H groups in total. The molecule has 1 aliphatic rings. The average Bonchev–Trinajstić information content (AvgIpc) is 3.08. The summed E-state index contributed by atoms with van der Waals surface area (Å²) in [5.74, 6) is 2.71. The molecule has 2 heterocycles. The second-order valence-electron chi connectivity index (χ2n) is 4.27. The van der Waals surface area contributed by atoms with E-state index in [9.17, 15) is 0 Å². The van der Waals surface area contributed by atoms with Gasteiger partial charge in [-0.15, -0.1) is 0 Å². The molecule has 0 spiro atoms. The quantitative estimate of drug-likeness (QED) is 0.915. The Bertz CT molecular complexity index is 494. The number of nitrogens with zero attached hydrogens (tertiary/aromatic N) is 2. The molecular weight excluding hydrogens is 246 g/mol. The van der Waals surface area contributed by atoms with Crippen LogP contribution in [0.3, 0.4) is 0 Å². The van der Waals surface area contributed by atoms with Crippen molar-refractivity contribution in [3.8, 4) is 0 Å². The fourth-order valence-corrected chi connectivity index (χ4v) is 3.18. The third-order valence-electron chi connectivity index (χ3n) is 2.92. The molecule has 2 aromatic rings. The first-order valence-electron chi connectivity index (χ1n) is 6.15. The van der Waals surface area contributed by atoms with Gasteiger partial charge in [0.25, 0.3) is 0 Å². The fraction of sp³-hybridized carbons (Fsp3) is 0.385. The van der Waals surface area contributed by atoms with E-state index in [1.807, 2.05) is 42.1 Å². The fourth-order valence-electron chi connectivity index (χ4n) is 1.99. The van der Waals surface area contributed by atoms with E-state index >= 15 is 0 Å². The molecular formula is C13H15N3OS. The minimum Gasteiger partial charge on any atom is -0.376 e. The zero-order valence-corrected chi connectivity index (χ0v) is 10.8. The Kier molecular flexibility index (Phi) is 3.50. The van der Waals surface area contributed by atoms with Crippen molar-refractivity contribution in [1.29, 1.82) is 0 Å². The summed E-state index contributed by atoms with van der Waals surface area (Å²) < 4.78 is 5.26. The van der Waals surface area contributed by atoms with Gasteiger partial charge in [-0.2, -0.15) is 16.7 Å². The van der Waals surface area contributed by atoms with Crippen LogP contribution in [-0.4, -0.2) is 15.9 Å². The number of anilines is 1. The second kappa shape index (κ2) is 5.44. The van der Waals surface area contributed by atoms with Crippen molar-refractivity contribution in [2.24, 2.45) is 0 Å². The first kappa shape index (κ1) is 11.6. The number of hydrogen-bond donors (Lipinski definition) is 1. The van der Waals surface area contributed by atoms with E-state index in [0.29, 0.717) is 17.7 Å². The molecule has 0 amide bonds. The Balaban J connectivity index is 1.60. The van der Waals surface area contributed by atoms with Gasteiger partial charge in [0.05, 0.1) is 11.8 Å². The molecule has 5 heteroatoms. The van der Waals surface area contributed by atoms with Crippen LogP contribution >= 0.6 is 11.8 Å². The Morgan fingerprint density at radius 1 is 1.33 bits per heavy atom. The number of benzene rings is 1. The SMILES string of the molecule is c1ccc(NCc2nc(C3CCCS3)no2)cc1. The topological polar surface area (TPSA) is 51.0 Å². The van der Waals surface area contributed by atoms with Gasteiger partial charge in [0.1, 0.15) is 0 Å². The minimum atomic E-state index is 0.430. The van der Waals surface area contributed by atoms with Crippen molar-refractivity contribution in [2.75, 3.05) is 11.1 Å². The van der Waals surface area contributed by atoms with E-state index in [2.05, 4.69) is 15.5 Å². The lowest BCUT2D eigenvalue weighted by molar-refractivity contribution is 0.377. The zero-order valence-electron chi connectivity index (χ0n) is 10.0. The minimum absolute atomic E-state index is 0.430. The third kappa shape index (κ3) is 2.67. The summed E-state index contributed by atoms with van der Waals surface area (Å²) in [7, 11) is 0. The average molecular weight is 261 g/mol. The Morgan fingerprint density at radius 3 is 3.00 bits per heavy atom. The van der Waals surface area contributed by atoms with Crippen LogP contribution in [0.15, 0.2) is 34.9 Å². The number of para-hydroxylation sites is 1. The summed E-state index contributed by atoms with van der Waals surface area (Å²) in [4.78, 5) is 4.45. The molecule has 94 valence electrons. The lowest BCUT2D eigenvalue weighted by Gasteiger charge is -2.01. The molecule has 1 aromatic carbocycles. The van der Waals surface area contributed by atoms with Gasteiger partial charge in [0.15, 0.2) is 5.82 Å². The van der Waals surface area contributed by atoms with Gasteiger partial charge in [-0.1, -0.05) is 23.4 Å². The summed E-state index contributed by atoms with van der Waals surface area (Å²) in [6.45, 7) is 0.578. The molecule has 0 bridgehead atoms. The van der Waals surface area contributed by atoms with Crippen molar-refractivity contribution in [1.82, 2.24) is 10.1 Å². The lowest BCUT2D eigenvalue weighted by Crippen LogP contribution is -2.00. The van der Waals surface area contributed by atoms with Crippen LogP contribution in [0.25, 0.3) is 0 Å². The smallest absolute Gasteiger partial charge is 0.245 e. The van der Waals surface area contributed by atoms with Gasteiger partial charge >= 0.3 is 0 Å². The van der Waals surface area contributed by atoms with Gasteiger partial charge in [0, 0.05) is 5.69 Å². The number of aromatic nitrogens is 2. The zero-order chi connectivity index (χ0) is 12.2. The van der Waals surface area contributed by atoms with Crippen molar-refractivity contribution in [2.45, 2.75) is 24.6 Å². The van der Waals surface area contributed by atoms with Crippen LogP contribution in [0.5, 0.6) is 0 Å². The molecule has 1 saturated heterocycles. The highest BCUT2D eigenvalue weighted by atomic mass is 32.2. The highest BCUT2D eigenvalue weighted by Crippen LogP contribution is 2.38. The molecule has 1 fully saturated rings. The molecule has 0 radical (unpaired) electrons. The van der Waals surface area contributed by atoms with E-state index in [4.69, 9.17) is 4.52 Å². The van der Waals surface area contributed by atoms with E-state index in [1.54, 1.807) is 0 Å². The van der Waals surface area contributed by atoms with Crippen LogP contribution in [0.4, 0.5) is 5.69 Å². The number of hydrogen-bond acceptors (Lipinski definition) is 5. The van der Waals surface area contributed by atoms with Crippen LogP contribution in [0.2, 0.25) is 0 Å². The Labute approximate surface area is 110 Å². The Morgan fingerprint density at radius 2 is 2.22 bits per heavy atom. The molecule has 0 saturated carbocycles. The molecule has 1 unspecified atom stereocenters. The van der Waals surface area contributed by atoms with Crippen LogP contribution < -0.4 is 5.32 Å². The first-order valence-corrected chi connectivity index (χ1v) is 7.20. The summed E-state index contributed by atoms with van der Waals surface area (Å²) in [6, 6.07) is 10.0. The lowest BCUT2D eigenvalue weighted by atomic mass is 10.2. The third-order valence-corrected chi connectivity index (χ3v) is 4.29. The molecule has 3 rings (SSSR count). The summed E-state index contributed by atoms with van der Waals surface area (Å²) >= 11 is 1.92. The molecule has 0 aliphatic carbocycles. The van der Waals surface area contributed by atoms with Crippen molar-refractivity contribution in [3.05, 3.63) is 42.0 Å². The molecule has 4 nitrogen and oxygen atoms in total. The van der Waals surface area contributed by atoms with E-state index < -0.39 is 0 Å². The van der Waals surface area contributed by atoms with Gasteiger partial charge in [0.2, 0.25) is 5.89 Å². The van der Waals surface area contributed by atoms with E-state index in [-0.39, 0.29) is 0 Å².